The second kappa shape index (κ2) is 10.8. The lowest BCUT2D eigenvalue weighted by molar-refractivity contribution is 0.271. The highest BCUT2D eigenvalue weighted by atomic mass is 15.3. The smallest absolute Gasteiger partial charge is 0.227 e. The van der Waals surface area contributed by atoms with Crippen LogP contribution in [0.5, 0.6) is 0 Å². The number of rotatable bonds is 7. The van der Waals surface area contributed by atoms with Crippen LogP contribution in [0, 0.1) is 0 Å². The number of hydrogen-bond donors (Lipinski definition) is 3. The molecule has 0 radical (unpaired) electrons. The van der Waals surface area contributed by atoms with Crippen LogP contribution in [0.1, 0.15) is 64.3 Å². The highest BCUT2D eigenvalue weighted by Gasteiger charge is 2.24. The number of hydrogen-bond acceptors (Lipinski definition) is 8. The number of fused-ring (bicyclic) bond motifs is 1. The van der Waals surface area contributed by atoms with Gasteiger partial charge in [0.2, 0.25) is 5.95 Å². The van der Waals surface area contributed by atoms with Gasteiger partial charge in [0.25, 0.3) is 0 Å². The molecule has 198 valence electrons. The second-order valence-corrected chi connectivity index (χ2v) is 11.0. The van der Waals surface area contributed by atoms with Gasteiger partial charge < -0.3 is 30.7 Å². The lowest BCUT2D eigenvalue weighted by atomic mass is 9.92. The molecule has 0 unspecified atom stereocenters. The van der Waals surface area contributed by atoms with Gasteiger partial charge in [0.15, 0.2) is 17.0 Å². The summed E-state index contributed by atoms with van der Waals surface area (Å²) in [7, 11) is 0. The molecule has 6 rings (SSSR count). The Labute approximate surface area is 219 Å². The van der Waals surface area contributed by atoms with Gasteiger partial charge >= 0.3 is 0 Å². The van der Waals surface area contributed by atoms with Crippen LogP contribution >= 0.6 is 0 Å². The molecule has 9 heteroatoms. The fourth-order valence-electron chi connectivity index (χ4n) is 6.18. The molecule has 1 aliphatic heterocycles. The van der Waals surface area contributed by atoms with Gasteiger partial charge in [-0.1, -0.05) is 19.8 Å². The number of anilines is 4. The van der Waals surface area contributed by atoms with Crippen molar-refractivity contribution in [3.63, 3.8) is 0 Å². The van der Waals surface area contributed by atoms with Crippen LogP contribution in [0.4, 0.5) is 23.1 Å². The Hall–Kier alpha value is -2.91. The molecule has 9 nitrogen and oxygen atoms in total. The first kappa shape index (κ1) is 24.4. The predicted octanol–water partition coefficient (Wildman–Crippen LogP) is 4.51. The molecule has 0 atom stereocenters. The van der Waals surface area contributed by atoms with E-state index in [9.17, 15) is 0 Å². The SMILES string of the molecule is CCN1CCN(c2ccc(Nc3nc(NC4CCC(N)CC4)nc4c3ncn4C3CCCC3)cc2)CC1. The zero-order chi connectivity index (χ0) is 25.2. The van der Waals surface area contributed by atoms with E-state index in [-0.39, 0.29) is 0 Å². The van der Waals surface area contributed by atoms with E-state index in [0.29, 0.717) is 24.1 Å². The maximum atomic E-state index is 6.14. The van der Waals surface area contributed by atoms with E-state index in [1.165, 1.54) is 31.4 Å². The van der Waals surface area contributed by atoms with E-state index in [0.717, 1.165) is 81.1 Å². The number of imidazole rings is 1. The van der Waals surface area contributed by atoms with Gasteiger partial charge in [0.05, 0.1) is 6.33 Å². The maximum Gasteiger partial charge on any atom is 0.227 e. The molecular formula is C28H41N9. The van der Waals surface area contributed by atoms with Crippen molar-refractivity contribution < 1.29 is 0 Å². The van der Waals surface area contributed by atoms with Gasteiger partial charge in [0, 0.05) is 55.7 Å². The normalized spacial score (nSPS) is 23.6. The molecule has 4 N–H and O–H groups in total. The molecule has 2 aromatic heterocycles. The third-order valence-electron chi connectivity index (χ3n) is 8.56. The molecule has 3 aliphatic rings. The van der Waals surface area contributed by atoms with E-state index in [2.05, 4.69) is 56.2 Å². The topological polar surface area (TPSA) is 100 Å². The summed E-state index contributed by atoms with van der Waals surface area (Å²) < 4.78 is 2.27. The largest absolute Gasteiger partial charge is 0.369 e. The summed E-state index contributed by atoms with van der Waals surface area (Å²) in [5, 5.41) is 7.19. The van der Waals surface area contributed by atoms with Gasteiger partial charge in [-0.25, -0.2) is 4.98 Å². The molecule has 0 spiro atoms. The minimum Gasteiger partial charge on any atom is -0.369 e. The number of benzene rings is 1. The van der Waals surface area contributed by atoms with Crippen molar-refractivity contribution in [2.45, 2.75) is 76.4 Å². The number of nitrogens with one attached hydrogen (secondary N) is 2. The van der Waals surface area contributed by atoms with Crippen LogP contribution in [-0.2, 0) is 0 Å². The third kappa shape index (κ3) is 5.38. The third-order valence-corrected chi connectivity index (χ3v) is 8.56. The summed E-state index contributed by atoms with van der Waals surface area (Å²) in [6.45, 7) is 7.78. The van der Waals surface area contributed by atoms with Crippen molar-refractivity contribution >= 4 is 34.3 Å². The first-order valence-corrected chi connectivity index (χ1v) is 14.3. The Morgan fingerprint density at radius 3 is 2.35 bits per heavy atom. The Bertz CT molecular complexity index is 1170. The highest BCUT2D eigenvalue weighted by Crippen LogP contribution is 2.34. The summed E-state index contributed by atoms with van der Waals surface area (Å²) in [6, 6.07) is 9.88. The van der Waals surface area contributed by atoms with Crippen LogP contribution in [0.3, 0.4) is 0 Å². The number of aromatic nitrogens is 4. The number of likely N-dealkylation sites (N-methyl/N-ethyl adjacent to an activating group) is 1. The molecule has 1 saturated heterocycles. The first-order chi connectivity index (χ1) is 18.2. The van der Waals surface area contributed by atoms with E-state index >= 15 is 0 Å². The molecule has 0 bridgehead atoms. The average molecular weight is 504 g/mol. The van der Waals surface area contributed by atoms with Crippen LogP contribution in [0.2, 0.25) is 0 Å². The molecular weight excluding hydrogens is 462 g/mol. The Kier molecular flexibility index (Phi) is 7.15. The molecule has 3 fully saturated rings. The first-order valence-electron chi connectivity index (χ1n) is 14.3. The van der Waals surface area contributed by atoms with Crippen molar-refractivity contribution in [3.8, 4) is 0 Å². The van der Waals surface area contributed by atoms with E-state index in [1.807, 2.05) is 6.33 Å². The van der Waals surface area contributed by atoms with Crippen LogP contribution < -0.4 is 21.3 Å². The summed E-state index contributed by atoms with van der Waals surface area (Å²) in [5.74, 6) is 1.45. The fraction of sp³-hybridized carbons (Fsp3) is 0.607. The zero-order valence-electron chi connectivity index (χ0n) is 22.1. The van der Waals surface area contributed by atoms with Crippen LogP contribution in [0.15, 0.2) is 30.6 Å². The van der Waals surface area contributed by atoms with Gasteiger partial charge in [-0.2, -0.15) is 9.97 Å². The summed E-state index contributed by atoms with van der Waals surface area (Å²) >= 11 is 0. The summed E-state index contributed by atoms with van der Waals surface area (Å²) in [6.07, 6.45) is 11.1. The van der Waals surface area contributed by atoms with Crippen molar-refractivity contribution in [2.75, 3.05) is 48.3 Å². The summed E-state index contributed by atoms with van der Waals surface area (Å²) in [4.78, 5) is 19.7. The quantitative estimate of drug-likeness (QED) is 0.433. The van der Waals surface area contributed by atoms with Gasteiger partial charge in [0.1, 0.15) is 0 Å². The Morgan fingerprint density at radius 1 is 0.919 bits per heavy atom. The van der Waals surface area contributed by atoms with Crippen LogP contribution in [0.25, 0.3) is 11.2 Å². The van der Waals surface area contributed by atoms with Crippen molar-refractivity contribution in [3.05, 3.63) is 30.6 Å². The van der Waals surface area contributed by atoms with Gasteiger partial charge in [-0.3, -0.25) is 0 Å². The van der Waals surface area contributed by atoms with E-state index in [4.69, 9.17) is 20.7 Å². The average Bonchev–Trinajstić information content (AvgIpc) is 3.61. The fourth-order valence-corrected chi connectivity index (χ4v) is 6.18. The monoisotopic (exact) mass is 503 g/mol. The highest BCUT2D eigenvalue weighted by molar-refractivity contribution is 5.86. The number of nitrogens with two attached hydrogens (primary N) is 1. The van der Waals surface area contributed by atoms with Crippen molar-refractivity contribution in [1.29, 1.82) is 0 Å². The maximum absolute atomic E-state index is 6.14. The van der Waals surface area contributed by atoms with Crippen molar-refractivity contribution in [2.24, 2.45) is 5.73 Å². The van der Waals surface area contributed by atoms with Gasteiger partial charge in [-0.15, -0.1) is 0 Å². The molecule has 2 saturated carbocycles. The van der Waals surface area contributed by atoms with Crippen LogP contribution in [-0.4, -0.2) is 69.2 Å². The standard InChI is InChI=1S/C28H41N9/c1-2-35-15-17-36(18-16-35)23-13-11-21(12-14-23)31-26-25-27(37(19-30-25)24-5-3-4-6-24)34-28(33-26)32-22-9-7-20(29)8-10-22/h11-14,19-20,22,24H,2-10,15-18,29H2,1H3,(H2,31,32,33,34). The molecule has 3 heterocycles. The molecule has 2 aliphatic carbocycles. The summed E-state index contributed by atoms with van der Waals surface area (Å²) in [5.41, 5.74) is 10.2. The number of nitrogens with zero attached hydrogens (tertiary/aromatic N) is 6. The second-order valence-electron chi connectivity index (χ2n) is 11.0. The molecule has 3 aromatic rings. The molecule has 0 amide bonds. The zero-order valence-corrected chi connectivity index (χ0v) is 22.1. The molecule has 1 aromatic carbocycles. The van der Waals surface area contributed by atoms with Crippen molar-refractivity contribution in [1.82, 2.24) is 24.4 Å². The van der Waals surface area contributed by atoms with Gasteiger partial charge in [-0.05, 0) is 69.3 Å². The minimum atomic E-state index is 0.320. The minimum absolute atomic E-state index is 0.320. The number of piperazine rings is 1. The predicted molar refractivity (Wildman–Crippen MR) is 151 cm³/mol. The van der Waals surface area contributed by atoms with E-state index in [1.54, 1.807) is 0 Å². The van der Waals surface area contributed by atoms with E-state index < -0.39 is 0 Å². The Balaban J connectivity index is 1.25. The Morgan fingerprint density at radius 2 is 1.65 bits per heavy atom. The lowest BCUT2D eigenvalue weighted by Gasteiger charge is -2.35. The molecule has 37 heavy (non-hydrogen) atoms. The lowest BCUT2D eigenvalue weighted by Crippen LogP contribution is -2.46.